The maximum absolute atomic E-state index is 12.0. The normalized spacial score (nSPS) is 27.0. The van der Waals surface area contributed by atoms with E-state index in [-0.39, 0.29) is 24.0 Å². The van der Waals surface area contributed by atoms with E-state index in [1.54, 1.807) is 4.90 Å². The van der Waals surface area contributed by atoms with Gasteiger partial charge in [0.05, 0.1) is 0 Å². The van der Waals surface area contributed by atoms with Crippen molar-refractivity contribution in [3.63, 3.8) is 0 Å². The molecule has 2 atom stereocenters. The number of amides is 2. The Morgan fingerprint density at radius 1 is 1.14 bits per heavy atom. The van der Waals surface area contributed by atoms with Gasteiger partial charge in [0, 0.05) is 28.5 Å². The van der Waals surface area contributed by atoms with Gasteiger partial charge < -0.3 is 20.1 Å². The van der Waals surface area contributed by atoms with Crippen LogP contribution in [-0.2, 0) is 4.74 Å². The van der Waals surface area contributed by atoms with E-state index in [1.807, 2.05) is 32.9 Å². The summed E-state index contributed by atoms with van der Waals surface area (Å²) in [5, 5.41) is 12.7. The number of halogens is 1. The molecule has 2 saturated carbocycles. The van der Waals surface area contributed by atoms with Crippen molar-refractivity contribution in [2.75, 3.05) is 0 Å². The van der Waals surface area contributed by atoms with Crippen molar-refractivity contribution in [1.82, 2.24) is 10.2 Å². The van der Waals surface area contributed by atoms with Crippen LogP contribution in [0.1, 0.15) is 64.4 Å². The van der Waals surface area contributed by atoms with E-state index in [1.165, 1.54) is 5.56 Å². The summed E-state index contributed by atoms with van der Waals surface area (Å²) in [6, 6.07) is 8.25. The monoisotopic (exact) mass is 452 g/mol. The average Bonchev–Trinajstić information content (AvgIpc) is 3.35. The Balaban J connectivity index is 1.54. The van der Waals surface area contributed by atoms with Gasteiger partial charge in [0.1, 0.15) is 5.60 Å². The second-order valence-electron chi connectivity index (χ2n) is 8.80. The topological polar surface area (TPSA) is 78.9 Å². The van der Waals surface area contributed by atoms with Gasteiger partial charge in [0.15, 0.2) is 0 Å². The van der Waals surface area contributed by atoms with Crippen molar-refractivity contribution in [3.05, 3.63) is 34.3 Å². The summed E-state index contributed by atoms with van der Waals surface area (Å²) in [5.74, 6) is 0.279. The van der Waals surface area contributed by atoms with Gasteiger partial charge >= 0.3 is 12.2 Å². The number of hydrogen-bond acceptors (Lipinski definition) is 3. The molecule has 7 heteroatoms. The molecule has 0 saturated heterocycles. The molecule has 0 aliphatic heterocycles. The van der Waals surface area contributed by atoms with Gasteiger partial charge in [-0.05, 0) is 70.6 Å². The van der Waals surface area contributed by atoms with Crippen LogP contribution in [0.4, 0.5) is 9.59 Å². The zero-order valence-corrected chi connectivity index (χ0v) is 18.2. The third kappa shape index (κ3) is 5.40. The molecule has 6 nitrogen and oxygen atoms in total. The fourth-order valence-corrected chi connectivity index (χ4v) is 4.36. The average molecular weight is 453 g/mol. The number of carbonyl (C=O) groups is 2. The van der Waals surface area contributed by atoms with Crippen LogP contribution in [0.2, 0.25) is 0 Å². The van der Waals surface area contributed by atoms with Crippen molar-refractivity contribution >= 4 is 28.1 Å². The lowest BCUT2D eigenvalue weighted by Gasteiger charge is -2.36. The molecular formula is C21H29BrN2O4. The molecule has 28 heavy (non-hydrogen) atoms. The van der Waals surface area contributed by atoms with Gasteiger partial charge in [0.25, 0.3) is 0 Å². The van der Waals surface area contributed by atoms with Crippen molar-refractivity contribution in [2.24, 2.45) is 0 Å². The smallest absolute Gasteiger partial charge is 0.407 e. The Kier molecular flexibility index (Phi) is 6.22. The number of carbonyl (C=O) groups excluding carboxylic acids is 1. The van der Waals surface area contributed by atoms with Crippen molar-refractivity contribution in [3.8, 4) is 0 Å². The number of benzene rings is 1. The van der Waals surface area contributed by atoms with Crippen LogP contribution >= 0.6 is 15.9 Å². The second-order valence-corrected chi connectivity index (χ2v) is 9.72. The molecule has 0 radical (unpaired) electrons. The largest absolute Gasteiger partial charge is 0.465 e. The predicted molar refractivity (Wildman–Crippen MR) is 111 cm³/mol. The molecular weight excluding hydrogens is 424 g/mol. The summed E-state index contributed by atoms with van der Waals surface area (Å²) in [7, 11) is 0. The number of nitrogens with zero attached hydrogens (tertiary/aromatic N) is 1. The quantitative estimate of drug-likeness (QED) is 0.663. The lowest BCUT2D eigenvalue weighted by molar-refractivity contribution is 0.0471. The Morgan fingerprint density at radius 2 is 1.75 bits per heavy atom. The highest BCUT2D eigenvalue weighted by molar-refractivity contribution is 9.10. The summed E-state index contributed by atoms with van der Waals surface area (Å²) < 4.78 is 6.34. The minimum absolute atomic E-state index is 0.0136. The Hall–Kier alpha value is -1.76. The van der Waals surface area contributed by atoms with Crippen LogP contribution in [-0.4, -0.2) is 45.9 Å². The van der Waals surface area contributed by atoms with E-state index in [2.05, 4.69) is 33.4 Å². The van der Waals surface area contributed by atoms with Crippen molar-refractivity contribution < 1.29 is 19.4 Å². The molecule has 2 aliphatic carbocycles. The molecule has 0 aromatic heterocycles. The van der Waals surface area contributed by atoms with Gasteiger partial charge in [-0.1, -0.05) is 28.1 Å². The molecule has 2 fully saturated rings. The van der Waals surface area contributed by atoms with E-state index in [4.69, 9.17) is 4.74 Å². The first kappa shape index (κ1) is 21.0. The number of alkyl carbamates (subject to hydrolysis) is 1. The summed E-state index contributed by atoms with van der Waals surface area (Å²) >= 11 is 3.44. The fraction of sp³-hybridized carbons (Fsp3) is 0.619. The predicted octanol–water partition coefficient (Wildman–Crippen LogP) is 5.12. The summed E-state index contributed by atoms with van der Waals surface area (Å²) in [5.41, 5.74) is 0.676. The molecule has 0 bridgehead atoms. The minimum Gasteiger partial charge on any atom is -0.465 e. The summed E-state index contributed by atoms with van der Waals surface area (Å²) in [6.45, 7) is 5.52. The molecule has 2 amide bonds. The van der Waals surface area contributed by atoms with Crippen molar-refractivity contribution in [2.45, 2.75) is 82.5 Å². The van der Waals surface area contributed by atoms with Gasteiger partial charge in [-0.25, -0.2) is 9.59 Å². The molecule has 0 heterocycles. The molecule has 2 N–H and O–H groups in total. The molecule has 2 unspecified atom stereocenters. The molecule has 154 valence electrons. The minimum atomic E-state index is -0.840. The number of nitrogens with one attached hydrogen (secondary N) is 1. The van der Waals surface area contributed by atoms with Crippen LogP contribution in [0.5, 0.6) is 0 Å². The van der Waals surface area contributed by atoms with Crippen LogP contribution in [0.25, 0.3) is 0 Å². The molecule has 0 spiro atoms. The Morgan fingerprint density at radius 3 is 2.29 bits per heavy atom. The van der Waals surface area contributed by atoms with Crippen molar-refractivity contribution in [1.29, 1.82) is 0 Å². The molecule has 1 aromatic rings. The maximum Gasteiger partial charge on any atom is 0.407 e. The highest BCUT2D eigenvalue weighted by atomic mass is 79.9. The van der Waals surface area contributed by atoms with Crippen LogP contribution in [0.15, 0.2) is 28.7 Å². The third-order valence-electron chi connectivity index (χ3n) is 5.44. The molecule has 1 aromatic carbocycles. The third-order valence-corrected chi connectivity index (χ3v) is 5.97. The van der Waals surface area contributed by atoms with Gasteiger partial charge in [-0.2, -0.15) is 0 Å². The maximum atomic E-state index is 12.0. The van der Waals surface area contributed by atoms with E-state index >= 15 is 0 Å². The Bertz CT molecular complexity index is 708. The van der Waals surface area contributed by atoms with Crippen LogP contribution in [0.3, 0.4) is 0 Å². The fourth-order valence-electron chi connectivity index (χ4n) is 4.10. The van der Waals surface area contributed by atoms with Crippen LogP contribution in [0, 0.1) is 0 Å². The Labute approximate surface area is 174 Å². The second kappa shape index (κ2) is 8.31. The number of rotatable bonds is 4. The zero-order chi connectivity index (χ0) is 20.5. The first-order valence-corrected chi connectivity index (χ1v) is 10.7. The zero-order valence-electron chi connectivity index (χ0n) is 16.7. The standard InChI is InChI=1S/C21H29BrN2O4/c1-21(2,3)28-19(25)23-15-8-10-16(11-9-15)24(20(26)27)18-12-17(18)13-4-6-14(22)7-5-13/h4-7,15-18H,8-12H2,1-3H3,(H,23,25)(H,26,27). The summed E-state index contributed by atoms with van der Waals surface area (Å²) in [6.07, 6.45) is 2.69. The molecule has 2 aliphatic rings. The number of hydrogen-bond donors (Lipinski definition) is 2. The number of ether oxygens (including phenoxy) is 1. The lowest BCUT2D eigenvalue weighted by atomic mass is 9.90. The lowest BCUT2D eigenvalue weighted by Crippen LogP contribution is -2.47. The first-order chi connectivity index (χ1) is 13.1. The molecule has 3 rings (SSSR count). The number of carboxylic acid groups (broad SMARTS) is 1. The first-order valence-electron chi connectivity index (χ1n) is 9.90. The van der Waals surface area contributed by atoms with E-state index < -0.39 is 17.8 Å². The van der Waals surface area contributed by atoms with E-state index in [0.717, 1.165) is 36.6 Å². The van der Waals surface area contributed by atoms with E-state index in [0.29, 0.717) is 0 Å². The van der Waals surface area contributed by atoms with Crippen LogP contribution < -0.4 is 5.32 Å². The van der Waals surface area contributed by atoms with Gasteiger partial charge in [-0.15, -0.1) is 0 Å². The van der Waals surface area contributed by atoms with E-state index in [9.17, 15) is 14.7 Å². The SMILES string of the molecule is CC(C)(C)OC(=O)NC1CCC(N(C(=O)O)C2CC2c2ccc(Br)cc2)CC1. The van der Waals surface area contributed by atoms with Gasteiger partial charge in [-0.3, -0.25) is 0 Å². The summed E-state index contributed by atoms with van der Waals surface area (Å²) in [4.78, 5) is 25.6. The van der Waals surface area contributed by atoms with Gasteiger partial charge in [0.2, 0.25) is 0 Å². The highest BCUT2D eigenvalue weighted by Crippen LogP contribution is 2.47. The highest BCUT2D eigenvalue weighted by Gasteiger charge is 2.48.